The summed E-state index contributed by atoms with van der Waals surface area (Å²) in [5.41, 5.74) is 0.387. The van der Waals surface area contributed by atoms with Gasteiger partial charge in [0.1, 0.15) is 0 Å². The third-order valence-corrected chi connectivity index (χ3v) is 2.07. The second kappa shape index (κ2) is 3.05. The largest absolute Gasteiger partial charge is 0.804 e. The first-order valence-corrected chi connectivity index (χ1v) is 4.23. The molecule has 5 heteroatoms. The van der Waals surface area contributed by atoms with E-state index in [1.54, 1.807) is 12.1 Å². The first-order chi connectivity index (χ1) is 7.06. The van der Waals surface area contributed by atoms with Gasteiger partial charge < -0.3 is 9.94 Å². The van der Waals surface area contributed by atoms with Crippen LogP contribution in [0.3, 0.4) is 0 Å². The van der Waals surface area contributed by atoms with Crippen LogP contribution in [-0.2, 0) is 5.92 Å². The molecule has 0 fully saturated rings. The van der Waals surface area contributed by atoms with Gasteiger partial charge in [0.05, 0.1) is 11.0 Å². The Labute approximate surface area is 84.2 Å². The standard InChI is InChI=1S/C10H7F2N2O/c1-2-10(11,12)9-13-7-5-3-4-6-8(7)14(9)15/h2-6H,1H2/q-1. The van der Waals surface area contributed by atoms with Gasteiger partial charge in [-0.1, -0.05) is 18.7 Å². The Bertz CT molecular complexity index is 519. The van der Waals surface area contributed by atoms with Crippen molar-refractivity contribution in [3.05, 3.63) is 48.0 Å². The highest BCUT2D eigenvalue weighted by Crippen LogP contribution is 2.30. The van der Waals surface area contributed by atoms with Gasteiger partial charge in [-0.05, 0) is 18.2 Å². The van der Waals surface area contributed by atoms with Crippen LogP contribution in [0.2, 0.25) is 0 Å². The van der Waals surface area contributed by atoms with Crippen molar-refractivity contribution in [2.45, 2.75) is 5.92 Å². The molecular formula is C10H7F2N2O-. The Morgan fingerprint density at radius 1 is 1.40 bits per heavy atom. The van der Waals surface area contributed by atoms with E-state index in [0.717, 1.165) is 0 Å². The van der Waals surface area contributed by atoms with Crippen LogP contribution in [0.1, 0.15) is 5.82 Å². The van der Waals surface area contributed by atoms with Crippen molar-refractivity contribution < 1.29 is 8.78 Å². The molecule has 0 amide bonds. The van der Waals surface area contributed by atoms with Crippen LogP contribution in [0.25, 0.3) is 11.0 Å². The summed E-state index contributed by atoms with van der Waals surface area (Å²) in [5.74, 6) is -4.24. The lowest BCUT2D eigenvalue weighted by molar-refractivity contribution is 0.0412. The Hall–Kier alpha value is -1.91. The number of benzene rings is 1. The summed E-state index contributed by atoms with van der Waals surface area (Å²) >= 11 is 0. The maximum absolute atomic E-state index is 13.2. The molecule has 1 aromatic heterocycles. The zero-order valence-electron chi connectivity index (χ0n) is 7.65. The van der Waals surface area contributed by atoms with Crippen molar-refractivity contribution in [1.82, 2.24) is 9.71 Å². The first kappa shape index (κ1) is 9.64. The number of nitrogens with zero attached hydrogens (tertiary/aromatic N) is 2. The highest BCUT2D eigenvalue weighted by atomic mass is 19.3. The topological polar surface area (TPSA) is 40.9 Å². The molecule has 3 nitrogen and oxygen atoms in total. The van der Waals surface area contributed by atoms with Gasteiger partial charge in [-0.25, -0.2) is 4.98 Å². The van der Waals surface area contributed by atoms with Gasteiger partial charge in [0.15, 0.2) is 5.82 Å². The van der Waals surface area contributed by atoms with Crippen LogP contribution in [-0.4, -0.2) is 9.71 Å². The molecule has 0 aliphatic rings. The lowest BCUT2D eigenvalue weighted by atomic mass is 10.3. The van der Waals surface area contributed by atoms with Gasteiger partial charge in [-0.2, -0.15) is 8.78 Å². The molecule has 1 aromatic carbocycles. The summed E-state index contributed by atoms with van der Waals surface area (Å²) in [6.45, 7) is 2.98. The van der Waals surface area contributed by atoms with E-state index >= 15 is 0 Å². The third kappa shape index (κ3) is 1.36. The number of allylic oxidation sites excluding steroid dienone is 1. The molecule has 2 rings (SSSR count). The lowest BCUT2D eigenvalue weighted by Crippen LogP contribution is -2.14. The van der Waals surface area contributed by atoms with Crippen LogP contribution in [0.4, 0.5) is 8.78 Å². The number of para-hydroxylation sites is 2. The van der Waals surface area contributed by atoms with Gasteiger partial charge >= 0.3 is 5.92 Å². The maximum atomic E-state index is 13.2. The zero-order valence-corrected chi connectivity index (χ0v) is 7.65. The number of hydrogen-bond acceptors (Lipinski definition) is 2. The zero-order chi connectivity index (χ0) is 11.1. The van der Waals surface area contributed by atoms with E-state index in [9.17, 15) is 14.0 Å². The number of rotatable bonds is 2. The number of alkyl halides is 2. The molecule has 2 aromatic rings. The summed E-state index contributed by atoms with van der Waals surface area (Å²) in [4.78, 5) is 3.58. The number of hydrogen-bond donors (Lipinski definition) is 0. The predicted octanol–water partition coefficient (Wildman–Crippen LogP) is 2.66. The Morgan fingerprint density at radius 3 is 2.67 bits per heavy atom. The Balaban J connectivity index is 2.73. The predicted molar refractivity (Wildman–Crippen MR) is 52.6 cm³/mol. The highest BCUT2D eigenvalue weighted by Gasteiger charge is 2.32. The van der Waals surface area contributed by atoms with Crippen molar-refractivity contribution in [3.63, 3.8) is 0 Å². The minimum absolute atomic E-state index is 0.133. The molecule has 0 bridgehead atoms. The highest BCUT2D eigenvalue weighted by molar-refractivity contribution is 5.76. The second-order valence-corrected chi connectivity index (χ2v) is 3.05. The summed E-state index contributed by atoms with van der Waals surface area (Å²) in [5, 5.41) is 11.5. The monoisotopic (exact) mass is 209 g/mol. The SMILES string of the molecule is C=CC(F)(F)c1nc2ccccc2n1[O-]. The molecule has 0 atom stereocenters. The minimum atomic E-state index is -3.40. The average molecular weight is 209 g/mol. The molecule has 78 valence electrons. The van der Waals surface area contributed by atoms with Crippen LogP contribution < -0.4 is 0 Å². The average Bonchev–Trinajstić information content (AvgIpc) is 2.58. The van der Waals surface area contributed by atoms with Crippen molar-refractivity contribution in [1.29, 1.82) is 0 Å². The molecule has 0 N–H and O–H groups in total. The summed E-state index contributed by atoms with van der Waals surface area (Å²) < 4.78 is 26.5. The molecular weight excluding hydrogens is 202 g/mol. The Morgan fingerprint density at radius 2 is 2.07 bits per heavy atom. The number of halogens is 2. The minimum Gasteiger partial charge on any atom is -0.804 e. The lowest BCUT2D eigenvalue weighted by Gasteiger charge is -2.16. The van der Waals surface area contributed by atoms with E-state index in [-0.39, 0.29) is 15.8 Å². The van der Waals surface area contributed by atoms with E-state index in [1.165, 1.54) is 12.1 Å². The quantitative estimate of drug-likeness (QED) is 0.713. The smallest absolute Gasteiger partial charge is 0.322 e. The van der Waals surface area contributed by atoms with Crippen LogP contribution in [0, 0.1) is 5.21 Å². The van der Waals surface area contributed by atoms with Crippen molar-refractivity contribution >= 4 is 11.0 Å². The molecule has 0 radical (unpaired) electrons. The van der Waals surface area contributed by atoms with Gasteiger partial charge in [-0.3, -0.25) is 0 Å². The first-order valence-electron chi connectivity index (χ1n) is 4.23. The molecule has 15 heavy (non-hydrogen) atoms. The molecule has 0 aliphatic carbocycles. The van der Waals surface area contributed by atoms with E-state index in [0.29, 0.717) is 6.08 Å². The molecule has 0 spiro atoms. The Kier molecular flexibility index (Phi) is 1.96. The second-order valence-electron chi connectivity index (χ2n) is 3.05. The van der Waals surface area contributed by atoms with Crippen LogP contribution in [0.5, 0.6) is 0 Å². The number of fused-ring (bicyclic) bond motifs is 1. The van der Waals surface area contributed by atoms with E-state index < -0.39 is 11.7 Å². The molecule has 0 saturated carbocycles. The van der Waals surface area contributed by atoms with Crippen LogP contribution in [0.15, 0.2) is 36.9 Å². The summed E-state index contributed by atoms with van der Waals surface area (Å²) in [6, 6.07) is 6.17. The molecule has 0 unspecified atom stereocenters. The van der Waals surface area contributed by atoms with Crippen molar-refractivity contribution in [2.75, 3.05) is 0 Å². The van der Waals surface area contributed by atoms with Gasteiger partial charge in [0.25, 0.3) is 0 Å². The van der Waals surface area contributed by atoms with E-state index in [4.69, 9.17) is 0 Å². The van der Waals surface area contributed by atoms with Gasteiger partial charge in [-0.15, -0.1) is 0 Å². The fraction of sp³-hybridized carbons (Fsp3) is 0.100. The fourth-order valence-electron chi connectivity index (χ4n) is 1.31. The van der Waals surface area contributed by atoms with Crippen molar-refractivity contribution in [3.8, 4) is 0 Å². The molecule has 0 aliphatic heterocycles. The number of imidazole rings is 1. The van der Waals surface area contributed by atoms with E-state index in [1.807, 2.05) is 0 Å². The van der Waals surface area contributed by atoms with Crippen LogP contribution >= 0.6 is 0 Å². The van der Waals surface area contributed by atoms with Gasteiger partial charge in [0.2, 0.25) is 0 Å². The fourth-order valence-corrected chi connectivity index (χ4v) is 1.31. The maximum Gasteiger partial charge on any atom is 0.322 e. The van der Waals surface area contributed by atoms with Gasteiger partial charge in [0, 0.05) is 0 Å². The summed E-state index contributed by atoms with van der Waals surface area (Å²) in [6.07, 6.45) is 0.405. The third-order valence-electron chi connectivity index (χ3n) is 2.07. The molecule has 1 heterocycles. The normalized spacial score (nSPS) is 11.9. The summed E-state index contributed by atoms with van der Waals surface area (Å²) in [7, 11) is 0. The van der Waals surface area contributed by atoms with E-state index in [2.05, 4.69) is 11.6 Å². The molecule has 0 saturated heterocycles. The number of aromatic nitrogens is 2. The van der Waals surface area contributed by atoms with Crippen molar-refractivity contribution in [2.24, 2.45) is 0 Å².